The first kappa shape index (κ1) is 15.1. The molecule has 6 heteroatoms. The largest absolute Gasteiger partial charge is 0.345 e. The highest BCUT2D eigenvalue weighted by Crippen LogP contribution is 2.28. The number of benzene rings is 1. The SMILES string of the molecule is Cc1cc(C(=O)NC(C)c2ccc(F)cc2F)sc1Br. The monoisotopic (exact) mass is 359 g/mol. The van der Waals surface area contributed by atoms with Crippen LogP contribution in [0.4, 0.5) is 8.78 Å². The van der Waals surface area contributed by atoms with Gasteiger partial charge in [-0.25, -0.2) is 8.78 Å². The molecule has 0 aliphatic heterocycles. The number of thiophene rings is 1. The Labute approximate surface area is 127 Å². The first-order valence-corrected chi connectivity index (χ1v) is 7.51. The molecule has 1 N–H and O–H groups in total. The summed E-state index contributed by atoms with van der Waals surface area (Å²) < 4.78 is 27.4. The summed E-state index contributed by atoms with van der Waals surface area (Å²) in [6, 6.07) is 4.55. The molecule has 0 fully saturated rings. The summed E-state index contributed by atoms with van der Waals surface area (Å²) >= 11 is 4.67. The third kappa shape index (κ3) is 3.24. The van der Waals surface area contributed by atoms with Gasteiger partial charge in [0.1, 0.15) is 11.6 Å². The van der Waals surface area contributed by atoms with Crippen molar-refractivity contribution in [2.45, 2.75) is 19.9 Å². The number of nitrogens with one attached hydrogen (secondary N) is 1. The second kappa shape index (κ2) is 6.01. The van der Waals surface area contributed by atoms with Crippen molar-refractivity contribution in [3.05, 3.63) is 55.7 Å². The molecule has 1 atom stereocenters. The third-order valence-corrected chi connectivity index (χ3v) is 4.99. The van der Waals surface area contributed by atoms with Crippen LogP contribution in [0.1, 0.15) is 33.8 Å². The molecule has 2 rings (SSSR count). The van der Waals surface area contributed by atoms with Gasteiger partial charge in [0, 0.05) is 11.6 Å². The number of hydrogen-bond acceptors (Lipinski definition) is 2. The molecule has 0 aliphatic carbocycles. The van der Waals surface area contributed by atoms with Gasteiger partial charge in [-0.15, -0.1) is 11.3 Å². The standard InChI is InChI=1S/C14H12BrF2NOS/c1-7-5-12(20-13(7)15)14(19)18-8(2)10-4-3-9(16)6-11(10)17/h3-6,8H,1-2H3,(H,18,19). The van der Waals surface area contributed by atoms with E-state index in [0.717, 1.165) is 15.4 Å². The fourth-order valence-corrected chi connectivity index (χ4v) is 3.21. The quantitative estimate of drug-likeness (QED) is 0.853. The average Bonchev–Trinajstić information content (AvgIpc) is 2.69. The molecule has 1 heterocycles. The molecular weight excluding hydrogens is 348 g/mol. The molecule has 1 unspecified atom stereocenters. The number of aryl methyl sites for hydroxylation is 1. The Kier molecular flexibility index (Phi) is 4.55. The molecule has 20 heavy (non-hydrogen) atoms. The molecule has 0 aliphatic rings. The van der Waals surface area contributed by atoms with Crippen LogP contribution in [0.25, 0.3) is 0 Å². The van der Waals surface area contributed by atoms with Crippen LogP contribution in [-0.2, 0) is 0 Å². The van der Waals surface area contributed by atoms with E-state index in [1.165, 1.54) is 23.5 Å². The van der Waals surface area contributed by atoms with Gasteiger partial charge in [-0.3, -0.25) is 4.79 Å². The second-order valence-corrected chi connectivity index (χ2v) is 6.80. The minimum Gasteiger partial charge on any atom is -0.345 e. The Hall–Kier alpha value is -1.27. The lowest BCUT2D eigenvalue weighted by atomic mass is 10.1. The van der Waals surface area contributed by atoms with Crippen molar-refractivity contribution >= 4 is 33.2 Å². The molecule has 2 aromatic rings. The van der Waals surface area contributed by atoms with Gasteiger partial charge in [0.25, 0.3) is 5.91 Å². The van der Waals surface area contributed by atoms with E-state index in [9.17, 15) is 13.6 Å². The predicted molar refractivity (Wildman–Crippen MR) is 79.0 cm³/mol. The molecule has 0 radical (unpaired) electrons. The summed E-state index contributed by atoms with van der Waals surface area (Å²) in [4.78, 5) is 12.6. The molecule has 0 saturated carbocycles. The summed E-state index contributed by atoms with van der Waals surface area (Å²) in [5.41, 5.74) is 1.23. The Morgan fingerprint density at radius 2 is 2.05 bits per heavy atom. The molecule has 0 saturated heterocycles. The van der Waals surface area contributed by atoms with Gasteiger partial charge in [-0.2, -0.15) is 0 Å². The Balaban J connectivity index is 2.14. The predicted octanol–water partition coefficient (Wildman–Crippen LogP) is 4.59. The minimum atomic E-state index is -0.665. The maximum Gasteiger partial charge on any atom is 0.261 e. The van der Waals surface area contributed by atoms with Crippen LogP contribution in [0.3, 0.4) is 0 Å². The fraction of sp³-hybridized carbons (Fsp3) is 0.214. The maximum absolute atomic E-state index is 13.6. The smallest absolute Gasteiger partial charge is 0.261 e. The molecule has 2 nitrogen and oxygen atoms in total. The lowest BCUT2D eigenvalue weighted by molar-refractivity contribution is 0.0943. The van der Waals surface area contributed by atoms with Crippen LogP contribution >= 0.6 is 27.3 Å². The minimum absolute atomic E-state index is 0.257. The van der Waals surface area contributed by atoms with E-state index >= 15 is 0 Å². The van der Waals surface area contributed by atoms with E-state index in [2.05, 4.69) is 21.2 Å². The zero-order valence-corrected chi connectivity index (χ0v) is 13.2. The fourth-order valence-electron chi connectivity index (χ4n) is 1.77. The zero-order chi connectivity index (χ0) is 14.9. The van der Waals surface area contributed by atoms with Crippen molar-refractivity contribution < 1.29 is 13.6 Å². The van der Waals surface area contributed by atoms with Gasteiger partial charge in [0.05, 0.1) is 14.7 Å². The van der Waals surface area contributed by atoms with E-state index in [1.54, 1.807) is 13.0 Å². The highest BCUT2D eigenvalue weighted by Gasteiger charge is 2.17. The summed E-state index contributed by atoms with van der Waals surface area (Å²) in [6.45, 7) is 3.55. The van der Waals surface area contributed by atoms with Crippen molar-refractivity contribution in [1.82, 2.24) is 5.32 Å². The van der Waals surface area contributed by atoms with E-state index in [-0.39, 0.29) is 11.5 Å². The van der Waals surface area contributed by atoms with Gasteiger partial charge in [0.2, 0.25) is 0 Å². The first-order valence-electron chi connectivity index (χ1n) is 5.90. The molecule has 0 bridgehead atoms. The van der Waals surface area contributed by atoms with Crippen LogP contribution in [0, 0.1) is 18.6 Å². The summed E-state index contributed by atoms with van der Waals surface area (Å²) in [5.74, 6) is -1.58. The van der Waals surface area contributed by atoms with Gasteiger partial charge in [0.15, 0.2) is 0 Å². The van der Waals surface area contributed by atoms with E-state index in [1.807, 2.05) is 6.92 Å². The second-order valence-electron chi connectivity index (χ2n) is 4.43. The lowest BCUT2D eigenvalue weighted by Gasteiger charge is -2.14. The van der Waals surface area contributed by atoms with Gasteiger partial charge in [-0.05, 0) is 47.5 Å². The number of carbonyl (C=O) groups excluding carboxylic acids is 1. The molecule has 0 spiro atoms. The number of halogens is 3. The highest BCUT2D eigenvalue weighted by molar-refractivity contribution is 9.11. The summed E-state index contributed by atoms with van der Waals surface area (Å²) in [7, 11) is 0. The van der Waals surface area contributed by atoms with Gasteiger partial charge < -0.3 is 5.32 Å². The third-order valence-electron chi connectivity index (χ3n) is 2.86. The highest BCUT2D eigenvalue weighted by atomic mass is 79.9. The van der Waals surface area contributed by atoms with Crippen molar-refractivity contribution in [3.63, 3.8) is 0 Å². The van der Waals surface area contributed by atoms with Gasteiger partial charge in [-0.1, -0.05) is 6.07 Å². The maximum atomic E-state index is 13.6. The van der Waals surface area contributed by atoms with Crippen LogP contribution in [0.5, 0.6) is 0 Å². The summed E-state index contributed by atoms with van der Waals surface area (Å²) in [5, 5.41) is 2.70. The topological polar surface area (TPSA) is 29.1 Å². The number of rotatable bonds is 3. The Morgan fingerprint density at radius 1 is 1.35 bits per heavy atom. The molecule has 106 valence electrons. The zero-order valence-electron chi connectivity index (χ0n) is 10.8. The number of amides is 1. The van der Waals surface area contributed by atoms with E-state index in [0.29, 0.717) is 4.88 Å². The van der Waals surface area contributed by atoms with Crippen LogP contribution in [-0.4, -0.2) is 5.91 Å². The Bertz CT molecular complexity index is 637. The van der Waals surface area contributed by atoms with Crippen LogP contribution < -0.4 is 5.32 Å². The van der Waals surface area contributed by atoms with E-state index in [4.69, 9.17) is 0 Å². The first-order chi connectivity index (χ1) is 9.38. The van der Waals surface area contributed by atoms with Gasteiger partial charge >= 0.3 is 0 Å². The van der Waals surface area contributed by atoms with Crippen molar-refractivity contribution in [2.75, 3.05) is 0 Å². The van der Waals surface area contributed by atoms with Crippen LogP contribution in [0.15, 0.2) is 28.1 Å². The molecule has 1 aromatic heterocycles. The molecular formula is C14H12BrF2NOS. The summed E-state index contributed by atoms with van der Waals surface area (Å²) in [6.07, 6.45) is 0. The normalized spacial score (nSPS) is 12.2. The van der Waals surface area contributed by atoms with E-state index < -0.39 is 17.7 Å². The molecule has 1 aromatic carbocycles. The van der Waals surface area contributed by atoms with Crippen molar-refractivity contribution in [1.29, 1.82) is 0 Å². The molecule has 1 amide bonds. The van der Waals surface area contributed by atoms with Crippen molar-refractivity contribution in [2.24, 2.45) is 0 Å². The van der Waals surface area contributed by atoms with Crippen LogP contribution in [0.2, 0.25) is 0 Å². The lowest BCUT2D eigenvalue weighted by Crippen LogP contribution is -2.26. The number of carbonyl (C=O) groups is 1. The number of hydrogen-bond donors (Lipinski definition) is 1. The van der Waals surface area contributed by atoms with Crippen molar-refractivity contribution in [3.8, 4) is 0 Å². The Morgan fingerprint density at radius 3 is 2.60 bits per heavy atom. The average molecular weight is 360 g/mol.